The van der Waals surface area contributed by atoms with Gasteiger partial charge in [-0.1, -0.05) is 42.5 Å². The zero-order valence-electron chi connectivity index (χ0n) is 12.5. The lowest BCUT2D eigenvalue weighted by Gasteiger charge is -2.20. The zero-order valence-corrected chi connectivity index (χ0v) is 12.5. The molecule has 0 unspecified atom stereocenters. The first kappa shape index (κ1) is 16.0. The van der Waals surface area contributed by atoms with Crippen LogP contribution in [0.25, 0.3) is 10.8 Å². The highest BCUT2D eigenvalue weighted by Gasteiger charge is 2.17. The topological polar surface area (TPSA) is 66.8 Å². The number of rotatable bonds is 7. The van der Waals surface area contributed by atoms with Crippen LogP contribution in [0, 0.1) is 0 Å². The van der Waals surface area contributed by atoms with Gasteiger partial charge >= 0.3 is 5.97 Å². The summed E-state index contributed by atoms with van der Waals surface area (Å²) in [4.78, 5) is 24.6. The van der Waals surface area contributed by atoms with Crippen LogP contribution in [0.5, 0.6) is 0 Å². The highest BCUT2D eigenvalue weighted by molar-refractivity contribution is 5.91. The molecule has 1 N–H and O–H groups in total. The molecule has 0 saturated heterocycles. The molecule has 0 aliphatic heterocycles. The molecule has 2 aromatic carbocycles. The Morgan fingerprint density at radius 3 is 2.59 bits per heavy atom. The standard InChI is InChI=1S/C17H19NO4/c1-22-10-9-18(12-17(20)21)16(19)11-14-7-4-6-13-5-2-3-8-15(13)14/h2-8H,9-12H2,1H3,(H,20,21). The largest absolute Gasteiger partial charge is 0.480 e. The SMILES string of the molecule is COCCN(CC(=O)O)C(=O)Cc1cccc2ccccc12. The summed E-state index contributed by atoms with van der Waals surface area (Å²) in [6.07, 6.45) is 0.179. The lowest BCUT2D eigenvalue weighted by Crippen LogP contribution is -2.38. The maximum Gasteiger partial charge on any atom is 0.323 e. The highest BCUT2D eigenvalue weighted by atomic mass is 16.5. The molecular formula is C17H19NO4. The van der Waals surface area contributed by atoms with E-state index in [-0.39, 0.29) is 25.4 Å². The third-order valence-corrected chi connectivity index (χ3v) is 3.47. The summed E-state index contributed by atoms with van der Waals surface area (Å²) < 4.78 is 4.94. The number of amides is 1. The van der Waals surface area contributed by atoms with Crippen molar-refractivity contribution >= 4 is 22.6 Å². The number of carboxylic acid groups (broad SMARTS) is 1. The zero-order chi connectivity index (χ0) is 15.9. The normalized spacial score (nSPS) is 10.6. The van der Waals surface area contributed by atoms with Crippen LogP contribution in [-0.4, -0.2) is 48.7 Å². The van der Waals surface area contributed by atoms with Crippen LogP contribution >= 0.6 is 0 Å². The van der Waals surface area contributed by atoms with Crippen molar-refractivity contribution in [2.45, 2.75) is 6.42 Å². The van der Waals surface area contributed by atoms with Gasteiger partial charge in [0, 0.05) is 13.7 Å². The number of fused-ring (bicyclic) bond motifs is 1. The number of hydrogen-bond acceptors (Lipinski definition) is 3. The van der Waals surface area contributed by atoms with E-state index in [4.69, 9.17) is 9.84 Å². The first-order valence-corrected chi connectivity index (χ1v) is 7.07. The first-order chi connectivity index (χ1) is 10.6. The minimum absolute atomic E-state index is 0.179. The van der Waals surface area contributed by atoms with Crippen LogP contribution in [0.15, 0.2) is 42.5 Å². The predicted molar refractivity (Wildman–Crippen MR) is 83.7 cm³/mol. The minimum atomic E-state index is -1.03. The van der Waals surface area contributed by atoms with E-state index < -0.39 is 5.97 Å². The lowest BCUT2D eigenvalue weighted by atomic mass is 10.0. The maximum atomic E-state index is 12.4. The van der Waals surface area contributed by atoms with E-state index in [2.05, 4.69) is 0 Å². The van der Waals surface area contributed by atoms with Gasteiger partial charge in [-0.25, -0.2) is 0 Å². The Morgan fingerprint density at radius 2 is 1.86 bits per heavy atom. The summed E-state index contributed by atoms with van der Waals surface area (Å²) in [5.74, 6) is -1.24. The van der Waals surface area contributed by atoms with Gasteiger partial charge in [-0.05, 0) is 16.3 Å². The lowest BCUT2D eigenvalue weighted by molar-refractivity contribution is -0.144. The van der Waals surface area contributed by atoms with Crippen molar-refractivity contribution in [3.63, 3.8) is 0 Å². The van der Waals surface area contributed by atoms with E-state index in [1.165, 1.54) is 12.0 Å². The number of carbonyl (C=O) groups is 2. The average molecular weight is 301 g/mol. The Labute approximate surface area is 129 Å². The van der Waals surface area contributed by atoms with Crippen LogP contribution < -0.4 is 0 Å². The van der Waals surface area contributed by atoms with E-state index >= 15 is 0 Å². The smallest absolute Gasteiger partial charge is 0.323 e. The van der Waals surface area contributed by atoms with E-state index in [1.807, 2.05) is 42.5 Å². The van der Waals surface area contributed by atoms with Gasteiger partial charge in [0.25, 0.3) is 0 Å². The van der Waals surface area contributed by atoms with E-state index in [0.717, 1.165) is 16.3 Å². The van der Waals surface area contributed by atoms with Gasteiger partial charge in [0.1, 0.15) is 6.54 Å². The number of methoxy groups -OCH3 is 1. The van der Waals surface area contributed by atoms with E-state index in [9.17, 15) is 9.59 Å². The molecule has 0 aliphatic carbocycles. The molecule has 0 atom stereocenters. The monoisotopic (exact) mass is 301 g/mol. The fourth-order valence-electron chi connectivity index (χ4n) is 2.38. The molecule has 2 aromatic rings. The molecule has 0 aromatic heterocycles. The Morgan fingerprint density at radius 1 is 1.14 bits per heavy atom. The molecule has 22 heavy (non-hydrogen) atoms. The Kier molecular flexibility index (Phi) is 5.49. The Bertz CT molecular complexity index is 663. The molecular weight excluding hydrogens is 282 g/mol. The molecule has 1 amide bonds. The van der Waals surface area contributed by atoms with Gasteiger partial charge in [0.15, 0.2) is 0 Å². The van der Waals surface area contributed by atoms with Crippen LogP contribution in [0.3, 0.4) is 0 Å². The molecule has 0 saturated carbocycles. The molecule has 5 heteroatoms. The number of benzene rings is 2. The Balaban J connectivity index is 2.18. The fourth-order valence-corrected chi connectivity index (χ4v) is 2.38. The molecule has 0 bridgehead atoms. The van der Waals surface area contributed by atoms with Crippen molar-refractivity contribution < 1.29 is 19.4 Å². The number of hydrogen-bond donors (Lipinski definition) is 1. The highest BCUT2D eigenvalue weighted by Crippen LogP contribution is 2.19. The number of carbonyl (C=O) groups excluding carboxylic acids is 1. The van der Waals surface area contributed by atoms with Gasteiger partial charge in [0.2, 0.25) is 5.91 Å². The molecule has 0 radical (unpaired) electrons. The second-order valence-electron chi connectivity index (χ2n) is 5.02. The van der Waals surface area contributed by atoms with Crippen molar-refractivity contribution in [3.05, 3.63) is 48.0 Å². The number of nitrogens with zero attached hydrogens (tertiary/aromatic N) is 1. The molecule has 0 fully saturated rings. The average Bonchev–Trinajstić information content (AvgIpc) is 2.51. The third kappa shape index (κ3) is 4.05. The molecule has 0 heterocycles. The number of ether oxygens (including phenoxy) is 1. The summed E-state index contributed by atoms with van der Waals surface area (Å²) >= 11 is 0. The maximum absolute atomic E-state index is 12.4. The van der Waals surface area contributed by atoms with Crippen LogP contribution in [0.4, 0.5) is 0 Å². The summed E-state index contributed by atoms with van der Waals surface area (Å²) in [7, 11) is 1.52. The quantitative estimate of drug-likeness (QED) is 0.848. The molecule has 2 rings (SSSR count). The minimum Gasteiger partial charge on any atom is -0.480 e. The van der Waals surface area contributed by atoms with Crippen LogP contribution in [-0.2, 0) is 20.7 Å². The van der Waals surface area contributed by atoms with Crippen molar-refractivity contribution in [2.75, 3.05) is 26.8 Å². The van der Waals surface area contributed by atoms with Gasteiger partial charge < -0.3 is 14.7 Å². The van der Waals surface area contributed by atoms with Crippen molar-refractivity contribution in [3.8, 4) is 0 Å². The van der Waals surface area contributed by atoms with Crippen molar-refractivity contribution in [1.29, 1.82) is 0 Å². The third-order valence-electron chi connectivity index (χ3n) is 3.47. The summed E-state index contributed by atoms with van der Waals surface area (Å²) in [5.41, 5.74) is 0.899. The summed E-state index contributed by atoms with van der Waals surface area (Å²) in [6, 6.07) is 13.6. The molecule has 5 nitrogen and oxygen atoms in total. The van der Waals surface area contributed by atoms with Crippen molar-refractivity contribution in [1.82, 2.24) is 4.90 Å². The van der Waals surface area contributed by atoms with Crippen molar-refractivity contribution in [2.24, 2.45) is 0 Å². The van der Waals surface area contributed by atoms with Gasteiger partial charge in [-0.2, -0.15) is 0 Å². The summed E-state index contributed by atoms with van der Waals surface area (Å²) in [6.45, 7) is 0.272. The van der Waals surface area contributed by atoms with E-state index in [1.54, 1.807) is 0 Å². The fraction of sp³-hybridized carbons (Fsp3) is 0.294. The summed E-state index contributed by atoms with van der Waals surface area (Å²) in [5, 5.41) is 11.0. The predicted octanol–water partition coefficient (Wildman–Crippen LogP) is 1.94. The second kappa shape index (κ2) is 7.56. The molecule has 0 aliphatic rings. The van der Waals surface area contributed by atoms with Gasteiger partial charge in [-0.15, -0.1) is 0 Å². The van der Waals surface area contributed by atoms with Gasteiger partial charge in [-0.3, -0.25) is 9.59 Å². The van der Waals surface area contributed by atoms with Crippen LogP contribution in [0.2, 0.25) is 0 Å². The molecule has 0 spiro atoms. The number of carboxylic acids is 1. The first-order valence-electron chi connectivity index (χ1n) is 7.07. The van der Waals surface area contributed by atoms with Crippen LogP contribution in [0.1, 0.15) is 5.56 Å². The van der Waals surface area contributed by atoms with Gasteiger partial charge in [0.05, 0.1) is 13.0 Å². The second-order valence-corrected chi connectivity index (χ2v) is 5.02. The molecule has 116 valence electrons. The Hall–Kier alpha value is -2.40. The van der Waals surface area contributed by atoms with E-state index in [0.29, 0.717) is 6.61 Å². The number of aliphatic carboxylic acids is 1.